The molecule has 0 aliphatic carbocycles. The highest BCUT2D eigenvalue weighted by atomic mass is 19.1. The molecule has 20 heavy (non-hydrogen) atoms. The third-order valence-corrected chi connectivity index (χ3v) is 2.59. The molecule has 106 valence electrons. The van der Waals surface area contributed by atoms with E-state index >= 15 is 0 Å². The van der Waals surface area contributed by atoms with Gasteiger partial charge in [-0.2, -0.15) is 4.98 Å². The first-order valence-corrected chi connectivity index (χ1v) is 6.40. The maximum absolute atomic E-state index is 13.0. The van der Waals surface area contributed by atoms with Crippen LogP contribution in [-0.2, 0) is 13.0 Å². The van der Waals surface area contributed by atoms with Crippen molar-refractivity contribution in [3.63, 3.8) is 0 Å². The molecule has 6 heteroatoms. The van der Waals surface area contributed by atoms with Crippen LogP contribution in [-0.4, -0.2) is 16.0 Å². The third kappa shape index (κ3) is 3.88. The monoisotopic (exact) mass is 277 g/mol. The Labute approximate surface area is 116 Å². The average Bonchev–Trinajstić information content (AvgIpc) is 2.82. The largest absolute Gasteiger partial charge is 0.345 e. The first kappa shape index (κ1) is 14.2. The molecule has 0 aliphatic heterocycles. The lowest BCUT2D eigenvalue weighted by atomic mass is 10.1. The lowest BCUT2D eigenvalue weighted by Gasteiger charge is -2.02. The lowest BCUT2D eigenvalue weighted by Crippen LogP contribution is -2.23. The van der Waals surface area contributed by atoms with Gasteiger partial charge in [0, 0.05) is 12.0 Å². The summed E-state index contributed by atoms with van der Waals surface area (Å²) in [5.41, 5.74) is 0.260. The predicted molar refractivity (Wildman–Crippen MR) is 70.4 cm³/mol. The highest BCUT2D eigenvalue weighted by Gasteiger charge is 2.10. The second kappa shape index (κ2) is 6.27. The number of nitrogens with zero attached hydrogens (tertiary/aromatic N) is 2. The Morgan fingerprint density at radius 1 is 1.45 bits per heavy atom. The average molecular weight is 277 g/mol. The van der Waals surface area contributed by atoms with Crippen molar-refractivity contribution < 1.29 is 13.7 Å². The summed E-state index contributed by atoms with van der Waals surface area (Å²) in [6, 6.07) is 5.49. The number of hydrogen-bond donors (Lipinski definition) is 1. The Balaban J connectivity index is 1.92. The molecule has 1 N–H and O–H groups in total. The fraction of sp³-hybridized carbons (Fsp3) is 0.357. The van der Waals surface area contributed by atoms with Crippen molar-refractivity contribution in [3.8, 4) is 0 Å². The van der Waals surface area contributed by atoms with Gasteiger partial charge in [0.1, 0.15) is 5.82 Å². The Kier molecular flexibility index (Phi) is 4.45. The molecule has 0 saturated heterocycles. The zero-order chi connectivity index (χ0) is 14.5. The number of aromatic nitrogens is 2. The summed E-state index contributed by atoms with van der Waals surface area (Å²) in [4.78, 5) is 16.0. The van der Waals surface area contributed by atoms with Crippen LogP contribution in [0.5, 0.6) is 0 Å². The molecule has 0 radical (unpaired) electrons. The van der Waals surface area contributed by atoms with E-state index in [4.69, 9.17) is 4.52 Å². The second-order valence-electron chi connectivity index (χ2n) is 4.90. The van der Waals surface area contributed by atoms with Gasteiger partial charge < -0.3 is 9.84 Å². The molecule has 1 heterocycles. The minimum atomic E-state index is -0.448. The summed E-state index contributed by atoms with van der Waals surface area (Å²) < 4.78 is 18.1. The summed E-state index contributed by atoms with van der Waals surface area (Å²) in [5.74, 6) is 0.557. The molecule has 0 aliphatic rings. The number of nitrogens with one attached hydrogen (secondary N) is 1. The molecule has 0 spiro atoms. The van der Waals surface area contributed by atoms with E-state index in [2.05, 4.69) is 29.3 Å². The van der Waals surface area contributed by atoms with Crippen molar-refractivity contribution in [1.82, 2.24) is 15.5 Å². The highest BCUT2D eigenvalue weighted by Crippen LogP contribution is 2.06. The number of carbonyl (C=O) groups excluding carboxylic acids is 1. The summed E-state index contributed by atoms with van der Waals surface area (Å²) >= 11 is 0. The van der Waals surface area contributed by atoms with E-state index < -0.39 is 5.82 Å². The van der Waals surface area contributed by atoms with Gasteiger partial charge in [-0.25, -0.2) is 4.39 Å². The number of hydrogen-bond acceptors (Lipinski definition) is 4. The van der Waals surface area contributed by atoms with Crippen LogP contribution in [0, 0.1) is 11.7 Å². The van der Waals surface area contributed by atoms with Gasteiger partial charge in [-0.05, 0) is 24.1 Å². The predicted octanol–water partition coefficient (Wildman–Crippen LogP) is 2.34. The summed E-state index contributed by atoms with van der Waals surface area (Å²) in [6.45, 7) is 4.25. The summed E-state index contributed by atoms with van der Waals surface area (Å²) in [7, 11) is 0. The van der Waals surface area contributed by atoms with Crippen LogP contribution in [0.3, 0.4) is 0 Å². The Morgan fingerprint density at radius 3 is 2.95 bits per heavy atom. The fourth-order valence-electron chi connectivity index (χ4n) is 1.69. The Morgan fingerprint density at radius 2 is 2.25 bits per heavy atom. The first-order valence-electron chi connectivity index (χ1n) is 6.40. The van der Waals surface area contributed by atoms with E-state index in [-0.39, 0.29) is 18.0 Å². The minimum absolute atomic E-state index is 0.150. The van der Waals surface area contributed by atoms with Gasteiger partial charge in [-0.1, -0.05) is 25.1 Å². The molecular formula is C14H16FN3O2. The molecule has 2 rings (SSSR count). The van der Waals surface area contributed by atoms with E-state index in [1.807, 2.05) is 0 Å². The SMILES string of the molecule is CC(C)Cc1nc(CNC(=O)c2cccc(F)c2)no1. The van der Waals surface area contributed by atoms with Crippen molar-refractivity contribution in [2.24, 2.45) is 5.92 Å². The maximum Gasteiger partial charge on any atom is 0.251 e. The maximum atomic E-state index is 13.0. The van der Waals surface area contributed by atoms with E-state index in [0.29, 0.717) is 24.1 Å². The number of benzene rings is 1. The molecule has 0 atom stereocenters. The molecule has 1 aromatic heterocycles. The molecule has 0 saturated carbocycles. The number of carbonyl (C=O) groups is 1. The highest BCUT2D eigenvalue weighted by molar-refractivity contribution is 5.94. The van der Waals surface area contributed by atoms with Crippen molar-refractivity contribution in [2.75, 3.05) is 0 Å². The van der Waals surface area contributed by atoms with Crippen LogP contribution in [0.25, 0.3) is 0 Å². The van der Waals surface area contributed by atoms with E-state index in [1.54, 1.807) is 6.07 Å². The standard InChI is InChI=1S/C14H16FN3O2/c1-9(2)6-13-17-12(18-20-13)8-16-14(19)10-4-3-5-11(15)7-10/h3-5,7,9H,6,8H2,1-2H3,(H,16,19). The van der Waals surface area contributed by atoms with Gasteiger partial charge in [0.25, 0.3) is 5.91 Å². The van der Waals surface area contributed by atoms with Crippen LogP contribution in [0.4, 0.5) is 4.39 Å². The molecule has 0 fully saturated rings. The van der Waals surface area contributed by atoms with E-state index in [1.165, 1.54) is 18.2 Å². The Bertz CT molecular complexity index is 596. The van der Waals surface area contributed by atoms with Gasteiger partial charge in [-0.3, -0.25) is 4.79 Å². The van der Waals surface area contributed by atoms with Crippen molar-refractivity contribution >= 4 is 5.91 Å². The molecule has 1 aromatic carbocycles. The second-order valence-corrected chi connectivity index (χ2v) is 4.90. The summed E-state index contributed by atoms with van der Waals surface area (Å²) in [6.07, 6.45) is 0.699. The molecule has 0 unspecified atom stereocenters. The number of rotatable bonds is 5. The lowest BCUT2D eigenvalue weighted by molar-refractivity contribution is 0.0949. The van der Waals surface area contributed by atoms with Crippen molar-refractivity contribution in [3.05, 3.63) is 47.4 Å². The Hall–Kier alpha value is -2.24. The van der Waals surface area contributed by atoms with Gasteiger partial charge in [0.2, 0.25) is 5.89 Å². The fourth-order valence-corrected chi connectivity index (χ4v) is 1.69. The van der Waals surface area contributed by atoms with E-state index in [9.17, 15) is 9.18 Å². The zero-order valence-electron chi connectivity index (χ0n) is 11.4. The van der Waals surface area contributed by atoms with E-state index in [0.717, 1.165) is 0 Å². The molecular weight excluding hydrogens is 261 g/mol. The van der Waals surface area contributed by atoms with Gasteiger partial charge in [0.15, 0.2) is 5.82 Å². The zero-order valence-corrected chi connectivity index (χ0v) is 11.4. The van der Waals surface area contributed by atoms with Crippen molar-refractivity contribution in [1.29, 1.82) is 0 Å². The van der Waals surface area contributed by atoms with Crippen LogP contribution >= 0.6 is 0 Å². The molecule has 5 nitrogen and oxygen atoms in total. The minimum Gasteiger partial charge on any atom is -0.345 e. The van der Waals surface area contributed by atoms with Crippen LogP contribution in [0.1, 0.15) is 35.9 Å². The smallest absolute Gasteiger partial charge is 0.251 e. The summed E-state index contributed by atoms with van der Waals surface area (Å²) in [5, 5.41) is 6.40. The number of amides is 1. The van der Waals surface area contributed by atoms with Gasteiger partial charge >= 0.3 is 0 Å². The molecule has 0 bridgehead atoms. The van der Waals surface area contributed by atoms with Gasteiger partial charge in [0.05, 0.1) is 6.54 Å². The van der Waals surface area contributed by atoms with Crippen LogP contribution in [0.15, 0.2) is 28.8 Å². The van der Waals surface area contributed by atoms with Crippen LogP contribution in [0.2, 0.25) is 0 Å². The first-order chi connectivity index (χ1) is 9.54. The topological polar surface area (TPSA) is 68.0 Å². The molecule has 1 amide bonds. The number of halogens is 1. The molecule has 2 aromatic rings. The quantitative estimate of drug-likeness (QED) is 0.910. The normalized spacial score (nSPS) is 10.8. The van der Waals surface area contributed by atoms with Crippen molar-refractivity contribution in [2.45, 2.75) is 26.8 Å². The van der Waals surface area contributed by atoms with Crippen LogP contribution < -0.4 is 5.32 Å². The third-order valence-electron chi connectivity index (χ3n) is 2.59. The van der Waals surface area contributed by atoms with Gasteiger partial charge in [-0.15, -0.1) is 0 Å².